The van der Waals surface area contributed by atoms with Crippen molar-refractivity contribution in [2.75, 3.05) is 0 Å². The first-order valence-corrected chi connectivity index (χ1v) is 3.79. The summed E-state index contributed by atoms with van der Waals surface area (Å²) in [4.78, 5) is 8.37. The Morgan fingerprint density at radius 3 is 1.46 bits per heavy atom. The van der Waals surface area contributed by atoms with Gasteiger partial charge in [0.2, 0.25) is 0 Å². The summed E-state index contributed by atoms with van der Waals surface area (Å²) in [6.07, 6.45) is 3.54. The number of hydrogen-bond acceptors (Lipinski definition) is 2. The molecule has 3 heteroatoms. The van der Waals surface area contributed by atoms with Crippen molar-refractivity contribution in [2.45, 2.75) is 0 Å². The van der Waals surface area contributed by atoms with Crippen LogP contribution in [0.4, 0.5) is 0 Å². The van der Waals surface area contributed by atoms with Gasteiger partial charge in [-0.05, 0) is 24.3 Å². The molecule has 0 bridgehead atoms. The fourth-order valence-corrected chi connectivity index (χ4v) is 1.03. The third-order valence-electron chi connectivity index (χ3n) is 1.59. The van der Waals surface area contributed by atoms with E-state index >= 15 is 0 Å². The molecule has 0 aliphatic heterocycles. The van der Waals surface area contributed by atoms with Gasteiger partial charge in [-0.1, -0.05) is 12.1 Å². The Morgan fingerprint density at radius 2 is 1.15 bits per heavy atom. The van der Waals surface area contributed by atoms with Crippen LogP contribution in [0.5, 0.6) is 0 Å². The summed E-state index contributed by atoms with van der Waals surface area (Å²) in [5, 5.41) is 0. The number of aromatic nitrogens is 2. The largest absolute Gasteiger partial charge is 0.255 e. The van der Waals surface area contributed by atoms with E-state index in [9.17, 15) is 0 Å². The Morgan fingerprint density at radius 1 is 0.692 bits per heavy atom. The van der Waals surface area contributed by atoms with E-state index in [1.807, 2.05) is 36.4 Å². The maximum Gasteiger partial charge on any atom is 0.0886 e. The van der Waals surface area contributed by atoms with Gasteiger partial charge in [0.05, 0.1) is 11.4 Å². The Balaban J connectivity index is 0.000000845. The van der Waals surface area contributed by atoms with E-state index in [2.05, 4.69) is 9.97 Å². The smallest absolute Gasteiger partial charge is 0.0886 e. The van der Waals surface area contributed by atoms with Crippen molar-refractivity contribution in [3.63, 3.8) is 0 Å². The van der Waals surface area contributed by atoms with Gasteiger partial charge in [-0.2, -0.15) is 0 Å². The van der Waals surface area contributed by atoms with Crippen LogP contribution in [0.15, 0.2) is 48.8 Å². The van der Waals surface area contributed by atoms with Gasteiger partial charge in [0.25, 0.3) is 0 Å². The monoisotopic (exact) mass is 246 g/mol. The second-order valence-electron chi connectivity index (χ2n) is 2.43. The second kappa shape index (κ2) is 5.03. The molecule has 0 fully saturated rings. The Hall–Kier alpha value is -0.817. The van der Waals surface area contributed by atoms with E-state index in [1.54, 1.807) is 12.4 Å². The minimum absolute atomic E-state index is 0. The topological polar surface area (TPSA) is 25.8 Å². The summed E-state index contributed by atoms with van der Waals surface area (Å²) in [6.45, 7) is 0. The average molecular weight is 247 g/mol. The van der Waals surface area contributed by atoms with Crippen molar-refractivity contribution in [1.29, 1.82) is 0 Å². The molecule has 0 N–H and O–H groups in total. The predicted octanol–water partition coefficient (Wildman–Crippen LogP) is 2.14. The van der Waals surface area contributed by atoms with Crippen LogP contribution < -0.4 is 0 Å². The fourth-order valence-electron chi connectivity index (χ4n) is 1.03. The summed E-state index contributed by atoms with van der Waals surface area (Å²) in [7, 11) is 0. The van der Waals surface area contributed by atoms with Crippen molar-refractivity contribution in [3.8, 4) is 11.4 Å². The number of nitrogens with zero attached hydrogens (tertiary/aromatic N) is 2. The quantitative estimate of drug-likeness (QED) is 0.771. The fraction of sp³-hybridized carbons (Fsp3) is 0. The van der Waals surface area contributed by atoms with E-state index in [1.165, 1.54) is 0 Å². The predicted molar refractivity (Wildman–Crippen MR) is 47.5 cm³/mol. The van der Waals surface area contributed by atoms with Crippen LogP contribution >= 0.6 is 0 Å². The van der Waals surface area contributed by atoms with Gasteiger partial charge in [-0.3, -0.25) is 9.97 Å². The molecule has 2 rings (SSSR count). The van der Waals surface area contributed by atoms with Crippen LogP contribution in [0.2, 0.25) is 0 Å². The van der Waals surface area contributed by atoms with Crippen molar-refractivity contribution >= 4 is 0 Å². The molecule has 0 atom stereocenters. The Labute approximate surface area is 96.2 Å². The minimum atomic E-state index is 0. The maximum absolute atomic E-state index is 4.19. The van der Waals surface area contributed by atoms with Gasteiger partial charge in [0, 0.05) is 38.6 Å². The van der Waals surface area contributed by atoms with Crippen molar-refractivity contribution in [3.05, 3.63) is 48.8 Å². The summed E-state index contributed by atoms with van der Waals surface area (Å²) >= 11 is 0. The van der Waals surface area contributed by atoms with E-state index in [-0.39, 0.29) is 26.2 Å². The third kappa shape index (κ3) is 2.56. The number of rotatable bonds is 1. The molecule has 2 aromatic heterocycles. The van der Waals surface area contributed by atoms with Crippen LogP contribution in [0.3, 0.4) is 0 Å². The number of hydrogen-bond donors (Lipinski definition) is 0. The van der Waals surface area contributed by atoms with Crippen molar-refractivity contribution < 1.29 is 26.2 Å². The first kappa shape index (κ1) is 10.3. The second-order valence-corrected chi connectivity index (χ2v) is 2.43. The molecule has 0 amide bonds. The Bertz CT molecular complexity index is 310. The molecule has 0 aliphatic rings. The molecule has 0 radical (unpaired) electrons. The summed E-state index contributed by atoms with van der Waals surface area (Å²) in [6, 6.07) is 11.6. The summed E-state index contributed by atoms with van der Waals surface area (Å²) < 4.78 is 0. The molecule has 0 spiro atoms. The van der Waals surface area contributed by atoms with Crippen molar-refractivity contribution in [1.82, 2.24) is 9.97 Å². The molecule has 0 unspecified atom stereocenters. The molecule has 0 saturated heterocycles. The van der Waals surface area contributed by atoms with E-state index < -0.39 is 0 Å². The zero-order valence-electron chi connectivity index (χ0n) is 7.01. The average Bonchev–Trinajstić information content (AvgIpc) is 2.21. The number of pyridine rings is 2. The molecule has 0 saturated carbocycles. The molecular weight excluding hydrogens is 239 g/mol. The molecule has 2 heterocycles. The molecule has 0 aliphatic carbocycles. The van der Waals surface area contributed by atoms with Crippen LogP contribution in [0.1, 0.15) is 0 Å². The normalized spacial score (nSPS) is 8.92. The van der Waals surface area contributed by atoms with Gasteiger partial charge in [0.1, 0.15) is 0 Å². The minimum Gasteiger partial charge on any atom is -0.255 e. The van der Waals surface area contributed by atoms with Gasteiger partial charge in [-0.25, -0.2) is 0 Å². The van der Waals surface area contributed by atoms with Gasteiger partial charge in [0.15, 0.2) is 0 Å². The SMILES string of the molecule is [Zr].c1ccc(-c2ccccn2)nc1. The molecule has 2 nitrogen and oxygen atoms in total. The summed E-state index contributed by atoms with van der Waals surface area (Å²) in [5.41, 5.74) is 1.83. The third-order valence-corrected chi connectivity index (χ3v) is 1.59. The van der Waals surface area contributed by atoms with Gasteiger partial charge >= 0.3 is 0 Å². The maximum atomic E-state index is 4.19. The first-order valence-electron chi connectivity index (χ1n) is 3.79. The molecular formula is C10H8N2Zr. The standard InChI is InChI=1S/C10H8N2.Zr/c1-3-7-11-9(5-1)10-6-2-4-8-12-10;/h1-8H;. The van der Waals surface area contributed by atoms with Gasteiger partial charge in [-0.15, -0.1) is 0 Å². The molecule has 62 valence electrons. The van der Waals surface area contributed by atoms with Crippen molar-refractivity contribution in [2.24, 2.45) is 0 Å². The summed E-state index contributed by atoms with van der Waals surface area (Å²) in [5.74, 6) is 0. The zero-order chi connectivity index (χ0) is 8.23. The molecule has 13 heavy (non-hydrogen) atoms. The van der Waals surface area contributed by atoms with E-state index in [4.69, 9.17) is 0 Å². The van der Waals surface area contributed by atoms with E-state index in [0.29, 0.717) is 0 Å². The Kier molecular flexibility index (Phi) is 3.97. The zero-order valence-corrected chi connectivity index (χ0v) is 9.47. The first-order chi connectivity index (χ1) is 5.97. The van der Waals surface area contributed by atoms with Crippen LogP contribution in [0, 0.1) is 0 Å². The van der Waals surface area contributed by atoms with Crippen LogP contribution in [0.25, 0.3) is 11.4 Å². The molecule has 0 aromatic carbocycles. The molecule has 2 aromatic rings. The van der Waals surface area contributed by atoms with Crippen LogP contribution in [-0.4, -0.2) is 9.97 Å². The van der Waals surface area contributed by atoms with E-state index in [0.717, 1.165) is 11.4 Å². The van der Waals surface area contributed by atoms with Crippen LogP contribution in [-0.2, 0) is 26.2 Å². The van der Waals surface area contributed by atoms with Gasteiger partial charge < -0.3 is 0 Å².